The van der Waals surface area contributed by atoms with E-state index in [-0.39, 0.29) is 24.0 Å². The highest BCUT2D eigenvalue weighted by atomic mass is 16.5. The first-order chi connectivity index (χ1) is 17.8. The van der Waals surface area contributed by atoms with Crippen LogP contribution in [0.2, 0.25) is 0 Å². The minimum Gasteiger partial charge on any atom is -0.507 e. The second-order valence-corrected chi connectivity index (χ2v) is 10.1. The molecule has 0 aliphatic carbocycles. The van der Waals surface area contributed by atoms with Crippen LogP contribution >= 0.6 is 0 Å². The van der Waals surface area contributed by atoms with Gasteiger partial charge in [0.25, 0.3) is 11.7 Å². The first kappa shape index (κ1) is 24.7. The third kappa shape index (κ3) is 4.99. The molecule has 2 aromatic carbocycles. The maximum absolute atomic E-state index is 13.4. The number of aliphatic hydroxyl groups is 1. The molecule has 0 spiro atoms. The molecule has 0 radical (unpaired) electrons. The lowest BCUT2D eigenvalue weighted by Crippen LogP contribution is -2.29. The number of carbonyl (C=O) groups excluding carboxylic acids is 2. The van der Waals surface area contributed by atoms with Gasteiger partial charge in [0, 0.05) is 12.0 Å². The average molecular weight is 502 g/mol. The van der Waals surface area contributed by atoms with Gasteiger partial charge in [0.15, 0.2) is 0 Å². The minimum absolute atomic E-state index is 0.0443. The van der Waals surface area contributed by atoms with Crippen LogP contribution in [0, 0.1) is 5.92 Å². The summed E-state index contributed by atoms with van der Waals surface area (Å²) in [5, 5.41) is 11.4. The molecular weight excluding hydrogens is 470 g/mol. The summed E-state index contributed by atoms with van der Waals surface area (Å²) in [5.74, 6) is 0.830. The van der Waals surface area contributed by atoms with Crippen LogP contribution in [0.1, 0.15) is 55.7 Å². The number of carbonyl (C=O) groups is 2. The number of ether oxygens (including phenoxy) is 2. The average Bonchev–Trinajstić information content (AvgIpc) is 3.58. The van der Waals surface area contributed by atoms with Gasteiger partial charge >= 0.3 is 0 Å². The fourth-order valence-electron chi connectivity index (χ4n) is 4.87. The third-order valence-electron chi connectivity index (χ3n) is 6.75. The van der Waals surface area contributed by atoms with Gasteiger partial charge in [0.2, 0.25) is 0 Å². The Labute approximate surface area is 216 Å². The maximum atomic E-state index is 13.4. The number of hydrogen-bond donors (Lipinski definition) is 1. The van der Waals surface area contributed by atoms with Crippen molar-refractivity contribution >= 4 is 17.4 Å². The number of likely N-dealkylation sites (tertiary alicyclic amines) is 1. The Morgan fingerprint density at radius 2 is 1.97 bits per heavy atom. The molecule has 2 atom stereocenters. The van der Waals surface area contributed by atoms with Crippen molar-refractivity contribution in [3.63, 3.8) is 0 Å². The number of nitrogens with zero attached hydrogens (tertiary/aromatic N) is 1. The fraction of sp³-hybridized carbons (Fsp3) is 0.333. The third-order valence-corrected chi connectivity index (χ3v) is 6.75. The van der Waals surface area contributed by atoms with Crippen molar-refractivity contribution in [3.05, 3.63) is 88.9 Å². The van der Waals surface area contributed by atoms with Crippen LogP contribution in [0.4, 0.5) is 0 Å². The summed E-state index contributed by atoms with van der Waals surface area (Å²) in [6.45, 7) is 6.90. The number of benzene rings is 2. The predicted octanol–water partition coefficient (Wildman–Crippen LogP) is 5.65. The van der Waals surface area contributed by atoms with E-state index in [1.54, 1.807) is 24.3 Å². The van der Waals surface area contributed by atoms with E-state index in [4.69, 9.17) is 13.9 Å². The summed E-state index contributed by atoms with van der Waals surface area (Å²) >= 11 is 0. The number of ketones is 1. The summed E-state index contributed by atoms with van der Waals surface area (Å²) in [6.07, 6.45) is 3.19. The number of rotatable bonds is 8. The van der Waals surface area contributed by atoms with Crippen molar-refractivity contribution in [2.75, 3.05) is 6.61 Å². The van der Waals surface area contributed by atoms with E-state index in [0.29, 0.717) is 41.6 Å². The Morgan fingerprint density at radius 3 is 2.73 bits per heavy atom. The highest BCUT2D eigenvalue weighted by Gasteiger charge is 2.46. The van der Waals surface area contributed by atoms with Gasteiger partial charge < -0.3 is 23.9 Å². The van der Waals surface area contributed by atoms with Gasteiger partial charge in [0.1, 0.15) is 29.1 Å². The van der Waals surface area contributed by atoms with E-state index in [1.807, 2.05) is 37.3 Å². The molecule has 0 bridgehead atoms. The van der Waals surface area contributed by atoms with Gasteiger partial charge in [-0.15, -0.1) is 0 Å². The van der Waals surface area contributed by atoms with E-state index in [1.165, 1.54) is 11.2 Å². The lowest BCUT2D eigenvalue weighted by Gasteiger charge is -2.25. The van der Waals surface area contributed by atoms with Crippen molar-refractivity contribution in [1.29, 1.82) is 0 Å². The molecule has 192 valence electrons. The molecule has 1 aromatic heterocycles. The number of fused-ring (bicyclic) bond motifs is 1. The summed E-state index contributed by atoms with van der Waals surface area (Å²) in [7, 11) is 0. The second kappa shape index (κ2) is 10.2. The zero-order valence-corrected chi connectivity index (χ0v) is 21.3. The zero-order valence-electron chi connectivity index (χ0n) is 21.3. The van der Waals surface area contributed by atoms with Crippen LogP contribution in [0.15, 0.2) is 70.9 Å². The Balaban J connectivity index is 1.57. The van der Waals surface area contributed by atoms with Crippen molar-refractivity contribution < 1.29 is 28.6 Å². The van der Waals surface area contributed by atoms with Gasteiger partial charge in [-0.2, -0.15) is 0 Å². The molecule has 2 aliphatic rings. The highest BCUT2D eigenvalue weighted by Crippen LogP contribution is 2.42. The molecule has 7 heteroatoms. The Hall–Kier alpha value is -4.00. The zero-order chi connectivity index (χ0) is 26.1. The van der Waals surface area contributed by atoms with E-state index >= 15 is 0 Å². The van der Waals surface area contributed by atoms with Gasteiger partial charge in [-0.25, -0.2) is 0 Å². The largest absolute Gasteiger partial charge is 0.507 e. The predicted molar refractivity (Wildman–Crippen MR) is 138 cm³/mol. The van der Waals surface area contributed by atoms with Crippen molar-refractivity contribution in [3.8, 4) is 11.5 Å². The van der Waals surface area contributed by atoms with Gasteiger partial charge in [-0.1, -0.05) is 26.0 Å². The molecule has 1 saturated heterocycles. The normalized spacial score (nSPS) is 20.4. The monoisotopic (exact) mass is 501 g/mol. The van der Waals surface area contributed by atoms with Crippen molar-refractivity contribution in [1.82, 2.24) is 4.90 Å². The highest BCUT2D eigenvalue weighted by molar-refractivity contribution is 6.46. The Bertz CT molecular complexity index is 1340. The molecule has 2 aliphatic heterocycles. The van der Waals surface area contributed by atoms with Crippen molar-refractivity contribution in [2.24, 2.45) is 5.92 Å². The molecule has 5 rings (SSSR count). The van der Waals surface area contributed by atoms with Gasteiger partial charge in [-0.3, -0.25) is 9.59 Å². The van der Waals surface area contributed by atoms with Crippen LogP contribution in [0.25, 0.3) is 5.76 Å². The molecule has 37 heavy (non-hydrogen) atoms. The molecule has 1 fully saturated rings. The van der Waals surface area contributed by atoms with E-state index in [2.05, 4.69) is 13.8 Å². The SMILES string of the molecule is CC(C)CCOc1cccc([C@@H]2/C(=C(\O)c3ccc4c(c3)C[C@H](C)O4)C(=O)C(=O)N2Cc2ccco2)c1. The maximum Gasteiger partial charge on any atom is 0.296 e. The number of furan rings is 1. The first-order valence-corrected chi connectivity index (χ1v) is 12.7. The van der Waals surface area contributed by atoms with E-state index in [9.17, 15) is 14.7 Å². The smallest absolute Gasteiger partial charge is 0.296 e. The second-order valence-electron chi connectivity index (χ2n) is 10.1. The summed E-state index contributed by atoms with van der Waals surface area (Å²) in [4.78, 5) is 28.1. The number of aliphatic hydroxyl groups excluding tert-OH is 1. The van der Waals surface area contributed by atoms with Crippen LogP contribution in [0.5, 0.6) is 11.5 Å². The number of hydrogen-bond acceptors (Lipinski definition) is 6. The Morgan fingerprint density at radius 1 is 1.14 bits per heavy atom. The van der Waals surface area contributed by atoms with Crippen LogP contribution in [0.3, 0.4) is 0 Å². The lowest BCUT2D eigenvalue weighted by atomic mass is 9.94. The van der Waals surface area contributed by atoms with Gasteiger partial charge in [0.05, 0.1) is 31.0 Å². The van der Waals surface area contributed by atoms with Crippen molar-refractivity contribution in [2.45, 2.75) is 52.3 Å². The summed E-state index contributed by atoms with van der Waals surface area (Å²) in [6, 6.07) is 15.4. The molecule has 1 amide bonds. The molecule has 0 unspecified atom stereocenters. The first-order valence-electron chi connectivity index (χ1n) is 12.7. The summed E-state index contributed by atoms with van der Waals surface area (Å²) in [5.41, 5.74) is 2.15. The molecule has 1 N–H and O–H groups in total. The molecule has 7 nitrogen and oxygen atoms in total. The van der Waals surface area contributed by atoms with Crippen LogP contribution in [-0.2, 0) is 22.6 Å². The van der Waals surface area contributed by atoms with Crippen LogP contribution < -0.4 is 9.47 Å². The standard InChI is InChI=1S/C30H31NO6/c1-18(2)11-13-36-23-7-4-6-20(16-23)27-26(29(33)30(34)31(27)17-24-8-5-12-35-24)28(32)21-9-10-25-22(15-21)14-19(3)37-25/h4-10,12,15-16,18-19,27,32H,11,13-14,17H2,1-3H3/b28-26+/t19-,27+/m0/s1. The Kier molecular flexibility index (Phi) is 6.78. The quantitative estimate of drug-likeness (QED) is 0.244. The summed E-state index contributed by atoms with van der Waals surface area (Å²) < 4.78 is 17.2. The molecule has 3 aromatic rings. The minimum atomic E-state index is -0.804. The molecule has 3 heterocycles. The topological polar surface area (TPSA) is 89.2 Å². The van der Waals surface area contributed by atoms with Gasteiger partial charge in [-0.05, 0) is 72.9 Å². The number of amides is 1. The number of Topliss-reactive ketones (excluding diaryl/α,β-unsaturated/α-hetero) is 1. The lowest BCUT2D eigenvalue weighted by molar-refractivity contribution is -0.140. The fourth-order valence-corrected chi connectivity index (χ4v) is 4.87. The van der Waals surface area contributed by atoms with E-state index in [0.717, 1.165) is 17.7 Å². The molecular formula is C30H31NO6. The van der Waals surface area contributed by atoms with E-state index < -0.39 is 17.7 Å². The molecule has 0 saturated carbocycles. The van der Waals surface area contributed by atoms with Crippen LogP contribution in [-0.4, -0.2) is 34.4 Å².